The van der Waals surface area contributed by atoms with Crippen LogP contribution in [0.25, 0.3) is 27.3 Å². The minimum absolute atomic E-state index is 0.172. The first-order valence-corrected chi connectivity index (χ1v) is 24.2. The van der Waals surface area contributed by atoms with Gasteiger partial charge < -0.3 is 29.7 Å². The maximum absolute atomic E-state index is 14.2. The van der Waals surface area contributed by atoms with Gasteiger partial charge in [-0.15, -0.1) is 16.4 Å². The molecule has 0 unspecified atom stereocenters. The molecule has 1 saturated heterocycles. The summed E-state index contributed by atoms with van der Waals surface area (Å²) in [6.45, 7) is 17.1. The lowest BCUT2D eigenvalue weighted by Gasteiger charge is -2.35. The molecule has 3 aromatic heterocycles. The van der Waals surface area contributed by atoms with E-state index in [1.807, 2.05) is 90.5 Å². The Morgan fingerprint density at radius 2 is 1.74 bits per heavy atom. The molecule has 14 nitrogen and oxygen atoms in total. The van der Waals surface area contributed by atoms with Crippen LogP contribution < -0.4 is 15.5 Å². The fraction of sp³-hybridized carbons (Fsp3) is 0.420. The van der Waals surface area contributed by atoms with Gasteiger partial charge >= 0.3 is 0 Å². The van der Waals surface area contributed by atoms with Crippen LogP contribution in [0, 0.1) is 33.1 Å². The number of anilines is 2. The van der Waals surface area contributed by atoms with Crippen LogP contribution in [0.3, 0.4) is 0 Å². The number of carbonyl (C=O) groups excluding carboxylic acids is 3. The molecule has 4 heterocycles. The molecule has 0 aliphatic carbocycles. The number of aryl methyl sites for hydroxylation is 4. The van der Waals surface area contributed by atoms with Gasteiger partial charge in [0, 0.05) is 41.1 Å². The van der Waals surface area contributed by atoms with Crippen LogP contribution in [-0.2, 0) is 19.1 Å². The number of nitrogens with zero attached hydrogens (tertiary/aromatic N) is 7. The number of carbonyl (C=O) groups is 3. The van der Waals surface area contributed by atoms with E-state index < -0.39 is 17.5 Å². The number of nitrogens with one attached hydrogen (secondary N) is 2. The third kappa shape index (κ3) is 11.3. The van der Waals surface area contributed by atoms with Crippen molar-refractivity contribution < 1.29 is 23.6 Å². The Balaban J connectivity index is 0.921. The molecule has 3 atom stereocenters. The Kier molecular flexibility index (Phi) is 15.6. The number of benzene rings is 3. The second-order valence-electron chi connectivity index (χ2n) is 18.1. The minimum Gasteiger partial charge on any atom is -0.372 e. The van der Waals surface area contributed by atoms with Crippen LogP contribution in [-0.4, -0.2) is 86.1 Å². The number of thiazole rings is 1. The topological polar surface area (TPSA) is 161 Å². The molecule has 1 aliphatic rings. The SMILES string of the molecule is Cc1ccc(-c2c(C)noc2C)cc1N(CCCCCOCC(=O)N[C@H](C(=O)N1CCC[C@H]1C(=O)N[C@@H](C)c1ccc(-c2scnc2C)cc1)C(C)(C)C)c1ccc(-n2ccnn2)c(Br)c1. The molecule has 3 aromatic carbocycles. The van der Waals surface area contributed by atoms with Crippen LogP contribution in [0.15, 0.2) is 87.6 Å². The molecule has 3 amide bonds. The zero-order valence-corrected chi connectivity index (χ0v) is 41.5. The van der Waals surface area contributed by atoms with Gasteiger partial charge in [0.25, 0.3) is 0 Å². The van der Waals surface area contributed by atoms with E-state index in [4.69, 9.17) is 9.26 Å². The van der Waals surface area contributed by atoms with E-state index in [1.165, 1.54) is 0 Å². The number of likely N-dealkylation sites (tertiary alicyclic amines) is 1. The number of aromatic nitrogens is 5. The molecule has 1 aliphatic heterocycles. The zero-order chi connectivity index (χ0) is 47.1. The monoisotopic (exact) mass is 977 g/mol. The standard InChI is InChI=1S/C50H60BrN9O5S/c1-31-14-15-38(45-33(3)56-65-35(45)5)27-43(31)58(39-20-21-41(40(51)28-39)60-25-22-53-57-60)23-10-9-11-26-64-29-44(61)55-47(50(6,7)8)49(63)59-24-12-13-42(59)48(62)54-32(2)36-16-18-37(19-17-36)46-34(4)52-30-66-46/h14-22,25,27-28,30,32,42,47H,9-13,23-24,26,29H2,1-8H3,(H,54,62)(H,55,61)/t32-,42-,47+/m0/s1. The molecule has 6 aromatic rings. The molecule has 1 fully saturated rings. The van der Waals surface area contributed by atoms with E-state index in [9.17, 15) is 14.4 Å². The highest BCUT2D eigenvalue weighted by Crippen LogP contribution is 2.37. The Morgan fingerprint density at radius 1 is 0.970 bits per heavy atom. The van der Waals surface area contributed by atoms with Crippen molar-refractivity contribution in [3.05, 3.63) is 111 Å². The second-order valence-corrected chi connectivity index (χ2v) is 19.8. The average molecular weight is 979 g/mol. The number of rotatable bonds is 18. The lowest BCUT2D eigenvalue weighted by atomic mass is 9.85. The van der Waals surface area contributed by atoms with Gasteiger partial charge in [-0.05, 0) is 135 Å². The molecule has 66 heavy (non-hydrogen) atoms. The van der Waals surface area contributed by atoms with Crippen molar-refractivity contribution in [2.75, 3.05) is 31.2 Å². The highest BCUT2D eigenvalue weighted by molar-refractivity contribution is 9.10. The fourth-order valence-corrected chi connectivity index (χ4v) is 9.92. The molecule has 0 saturated carbocycles. The number of unbranched alkanes of at least 4 members (excludes halogenated alkanes) is 2. The van der Waals surface area contributed by atoms with E-state index in [1.54, 1.807) is 27.1 Å². The van der Waals surface area contributed by atoms with Gasteiger partial charge in [-0.25, -0.2) is 9.67 Å². The summed E-state index contributed by atoms with van der Waals surface area (Å²) in [6, 6.07) is 19.1. The van der Waals surface area contributed by atoms with Gasteiger partial charge in [-0.2, -0.15) is 0 Å². The van der Waals surface area contributed by atoms with Gasteiger partial charge in [0.05, 0.1) is 45.9 Å². The predicted octanol–water partition coefficient (Wildman–Crippen LogP) is 9.77. The number of hydrogen-bond acceptors (Lipinski definition) is 11. The molecule has 348 valence electrons. The molecule has 0 spiro atoms. The highest BCUT2D eigenvalue weighted by atomic mass is 79.9. The van der Waals surface area contributed by atoms with Gasteiger partial charge in [0.1, 0.15) is 24.5 Å². The fourth-order valence-electron chi connectivity index (χ4n) is 8.56. The lowest BCUT2D eigenvalue weighted by molar-refractivity contribution is -0.144. The number of ether oxygens (including phenoxy) is 1. The molecule has 0 bridgehead atoms. The van der Waals surface area contributed by atoms with E-state index in [0.29, 0.717) is 26.0 Å². The normalized spacial score (nSPS) is 14.9. The summed E-state index contributed by atoms with van der Waals surface area (Å²) >= 11 is 5.38. The van der Waals surface area contributed by atoms with E-state index in [-0.39, 0.29) is 30.4 Å². The van der Waals surface area contributed by atoms with Gasteiger partial charge in [-0.1, -0.05) is 67.5 Å². The Hall–Kier alpha value is -5.71. The van der Waals surface area contributed by atoms with Gasteiger partial charge in [-0.3, -0.25) is 14.4 Å². The predicted molar refractivity (Wildman–Crippen MR) is 262 cm³/mol. The van der Waals surface area contributed by atoms with Crippen molar-refractivity contribution in [2.45, 2.75) is 106 Å². The Bertz CT molecular complexity index is 2600. The lowest BCUT2D eigenvalue weighted by Crippen LogP contribution is -2.58. The summed E-state index contributed by atoms with van der Waals surface area (Å²) in [5.74, 6) is -0.0538. The quantitative estimate of drug-likeness (QED) is 0.0794. The van der Waals surface area contributed by atoms with Crippen molar-refractivity contribution in [1.29, 1.82) is 0 Å². The summed E-state index contributed by atoms with van der Waals surface area (Å²) in [5, 5.41) is 18.4. The summed E-state index contributed by atoms with van der Waals surface area (Å²) in [6.07, 6.45) is 7.18. The minimum atomic E-state index is -0.835. The smallest absolute Gasteiger partial charge is 0.246 e. The van der Waals surface area contributed by atoms with E-state index in [0.717, 1.165) is 97.2 Å². The van der Waals surface area contributed by atoms with Crippen molar-refractivity contribution in [3.8, 4) is 27.3 Å². The molecular weight excluding hydrogens is 919 g/mol. The average Bonchev–Trinajstić information content (AvgIpc) is 4.13. The summed E-state index contributed by atoms with van der Waals surface area (Å²) in [7, 11) is 0. The van der Waals surface area contributed by atoms with Crippen molar-refractivity contribution in [3.63, 3.8) is 0 Å². The largest absolute Gasteiger partial charge is 0.372 e. The van der Waals surface area contributed by atoms with Crippen LogP contribution in [0.2, 0.25) is 0 Å². The van der Waals surface area contributed by atoms with Crippen LogP contribution in [0.1, 0.15) is 94.1 Å². The van der Waals surface area contributed by atoms with Crippen molar-refractivity contribution in [1.82, 2.24) is 40.7 Å². The number of amides is 3. The van der Waals surface area contributed by atoms with Crippen molar-refractivity contribution >= 4 is 56.4 Å². The van der Waals surface area contributed by atoms with Crippen LogP contribution >= 0.6 is 27.3 Å². The van der Waals surface area contributed by atoms with Crippen LogP contribution in [0.4, 0.5) is 11.4 Å². The molecule has 2 N–H and O–H groups in total. The highest BCUT2D eigenvalue weighted by Gasteiger charge is 2.42. The first-order valence-electron chi connectivity index (χ1n) is 22.6. The molecular formula is C50H60BrN9O5S. The van der Waals surface area contributed by atoms with Crippen LogP contribution in [0.5, 0.6) is 0 Å². The zero-order valence-electron chi connectivity index (χ0n) is 39.1. The van der Waals surface area contributed by atoms with Gasteiger partial charge in [0.15, 0.2) is 0 Å². The third-order valence-electron chi connectivity index (χ3n) is 12.2. The maximum Gasteiger partial charge on any atom is 0.246 e. The first kappa shape index (κ1) is 48.2. The number of halogens is 1. The van der Waals surface area contributed by atoms with Gasteiger partial charge in [0.2, 0.25) is 17.7 Å². The third-order valence-corrected chi connectivity index (χ3v) is 13.8. The van der Waals surface area contributed by atoms with E-state index in [2.05, 4.69) is 89.2 Å². The van der Waals surface area contributed by atoms with E-state index >= 15 is 0 Å². The molecule has 0 radical (unpaired) electrons. The maximum atomic E-state index is 14.2. The molecule has 7 rings (SSSR count). The second kappa shape index (κ2) is 21.3. The van der Waals surface area contributed by atoms with Crippen molar-refractivity contribution in [2.24, 2.45) is 5.41 Å². The first-order chi connectivity index (χ1) is 31.6. The molecule has 16 heteroatoms. The number of hydrogen-bond donors (Lipinski definition) is 2. The summed E-state index contributed by atoms with van der Waals surface area (Å²) in [4.78, 5) is 50.6. The summed E-state index contributed by atoms with van der Waals surface area (Å²) in [5.41, 5.74) is 11.2. The summed E-state index contributed by atoms with van der Waals surface area (Å²) < 4.78 is 14.0. The Morgan fingerprint density at radius 3 is 2.41 bits per heavy atom. The Labute approximate surface area is 399 Å².